The van der Waals surface area contributed by atoms with Gasteiger partial charge in [-0.3, -0.25) is 4.98 Å². The van der Waals surface area contributed by atoms with Crippen molar-refractivity contribution >= 4 is 11.3 Å². The molecule has 0 aliphatic heterocycles. The third-order valence-corrected chi connectivity index (χ3v) is 3.11. The topological polar surface area (TPSA) is 38.9 Å². The van der Waals surface area contributed by atoms with Gasteiger partial charge in [0.1, 0.15) is 0 Å². The molecule has 0 saturated heterocycles. The van der Waals surface area contributed by atoms with Crippen LogP contribution in [0.3, 0.4) is 0 Å². The molecule has 1 heterocycles. The molecule has 86 valence electrons. The van der Waals surface area contributed by atoms with E-state index in [9.17, 15) is 0 Å². The standard InChI is InChI=1S/C14H20N2/c1-14(2,3)13-11(8-16-9-12(13)15)10-6-4-5-7-10/h6,8-9H,4-5,7,15H2,1-3H3. The van der Waals surface area contributed by atoms with Crippen LogP contribution < -0.4 is 5.73 Å². The second-order valence-electron chi connectivity index (χ2n) is 5.52. The number of rotatable bonds is 1. The molecule has 0 saturated carbocycles. The van der Waals surface area contributed by atoms with Gasteiger partial charge in [-0.15, -0.1) is 0 Å². The van der Waals surface area contributed by atoms with Crippen LogP contribution in [0.2, 0.25) is 0 Å². The van der Waals surface area contributed by atoms with Crippen molar-refractivity contribution in [1.29, 1.82) is 0 Å². The van der Waals surface area contributed by atoms with E-state index in [1.807, 2.05) is 6.20 Å². The van der Waals surface area contributed by atoms with Crippen LogP contribution in [0.15, 0.2) is 18.5 Å². The van der Waals surface area contributed by atoms with E-state index >= 15 is 0 Å². The summed E-state index contributed by atoms with van der Waals surface area (Å²) in [4.78, 5) is 4.24. The Bertz CT molecular complexity index is 425. The lowest BCUT2D eigenvalue weighted by Crippen LogP contribution is -2.17. The van der Waals surface area contributed by atoms with Gasteiger partial charge in [0.25, 0.3) is 0 Å². The van der Waals surface area contributed by atoms with Gasteiger partial charge < -0.3 is 5.73 Å². The van der Waals surface area contributed by atoms with Gasteiger partial charge in [0.2, 0.25) is 0 Å². The van der Waals surface area contributed by atoms with Gasteiger partial charge in [-0.1, -0.05) is 26.8 Å². The minimum atomic E-state index is 0.0752. The van der Waals surface area contributed by atoms with Crippen molar-refractivity contribution in [1.82, 2.24) is 4.98 Å². The van der Waals surface area contributed by atoms with E-state index < -0.39 is 0 Å². The average Bonchev–Trinajstić information content (AvgIpc) is 2.67. The SMILES string of the molecule is CC(C)(C)c1c(N)cncc1C1=CCCC1. The van der Waals surface area contributed by atoms with E-state index in [2.05, 4.69) is 31.8 Å². The van der Waals surface area contributed by atoms with Crippen molar-refractivity contribution in [3.05, 3.63) is 29.6 Å². The van der Waals surface area contributed by atoms with Crippen molar-refractivity contribution in [3.63, 3.8) is 0 Å². The summed E-state index contributed by atoms with van der Waals surface area (Å²) in [5, 5.41) is 0. The molecule has 16 heavy (non-hydrogen) atoms. The molecule has 2 N–H and O–H groups in total. The van der Waals surface area contributed by atoms with Gasteiger partial charge in [-0.25, -0.2) is 0 Å². The minimum Gasteiger partial charge on any atom is -0.397 e. The lowest BCUT2D eigenvalue weighted by atomic mass is 9.81. The number of pyridine rings is 1. The second-order valence-corrected chi connectivity index (χ2v) is 5.52. The molecule has 0 atom stereocenters. The number of hydrogen-bond acceptors (Lipinski definition) is 2. The third-order valence-electron chi connectivity index (χ3n) is 3.11. The quantitative estimate of drug-likeness (QED) is 0.780. The predicted octanol–water partition coefficient (Wildman–Crippen LogP) is 3.53. The fraction of sp³-hybridized carbons (Fsp3) is 0.500. The number of allylic oxidation sites excluding steroid dienone is 2. The number of hydrogen-bond donors (Lipinski definition) is 1. The maximum absolute atomic E-state index is 6.09. The highest BCUT2D eigenvalue weighted by atomic mass is 14.7. The lowest BCUT2D eigenvalue weighted by Gasteiger charge is -2.25. The van der Waals surface area contributed by atoms with E-state index in [1.54, 1.807) is 6.20 Å². The number of nitrogens with two attached hydrogens (primary N) is 1. The van der Waals surface area contributed by atoms with Crippen LogP contribution in [0.25, 0.3) is 5.57 Å². The van der Waals surface area contributed by atoms with Crippen molar-refractivity contribution in [3.8, 4) is 0 Å². The number of nitrogens with zero attached hydrogens (tertiary/aromatic N) is 1. The van der Waals surface area contributed by atoms with Crippen molar-refractivity contribution < 1.29 is 0 Å². The first-order valence-corrected chi connectivity index (χ1v) is 5.93. The minimum absolute atomic E-state index is 0.0752. The lowest BCUT2D eigenvalue weighted by molar-refractivity contribution is 0.589. The van der Waals surface area contributed by atoms with Crippen LogP contribution >= 0.6 is 0 Å². The molecule has 1 aliphatic rings. The first-order valence-electron chi connectivity index (χ1n) is 5.93. The van der Waals surface area contributed by atoms with E-state index in [0.29, 0.717) is 0 Å². The van der Waals surface area contributed by atoms with Gasteiger partial charge in [-0.05, 0) is 35.8 Å². The monoisotopic (exact) mass is 216 g/mol. The van der Waals surface area contributed by atoms with Crippen LogP contribution in [0, 0.1) is 0 Å². The molecule has 0 radical (unpaired) electrons. The number of aromatic nitrogens is 1. The summed E-state index contributed by atoms with van der Waals surface area (Å²) in [5.41, 5.74) is 10.9. The zero-order chi connectivity index (χ0) is 11.8. The second kappa shape index (κ2) is 3.93. The van der Waals surface area contributed by atoms with E-state index in [-0.39, 0.29) is 5.41 Å². The Morgan fingerprint density at radius 2 is 2.00 bits per heavy atom. The molecule has 0 aromatic carbocycles. The molecule has 1 aliphatic carbocycles. The summed E-state index contributed by atoms with van der Waals surface area (Å²) < 4.78 is 0. The zero-order valence-electron chi connectivity index (χ0n) is 10.4. The van der Waals surface area contributed by atoms with Gasteiger partial charge in [0.15, 0.2) is 0 Å². The maximum atomic E-state index is 6.09. The Morgan fingerprint density at radius 3 is 2.56 bits per heavy atom. The molecule has 2 nitrogen and oxygen atoms in total. The summed E-state index contributed by atoms with van der Waals surface area (Å²) >= 11 is 0. The van der Waals surface area contributed by atoms with Crippen molar-refractivity contribution in [2.75, 3.05) is 5.73 Å². The molecule has 0 unspecified atom stereocenters. The van der Waals surface area contributed by atoms with Crippen LogP contribution in [-0.2, 0) is 5.41 Å². The predicted molar refractivity (Wildman–Crippen MR) is 69.2 cm³/mol. The molecule has 2 rings (SSSR count). The van der Waals surface area contributed by atoms with Gasteiger partial charge >= 0.3 is 0 Å². The Morgan fingerprint density at radius 1 is 1.25 bits per heavy atom. The molecule has 0 amide bonds. The van der Waals surface area contributed by atoms with E-state index in [1.165, 1.54) is 29.5 Å². The summed E-state index contributed by atoms with van der Waals surface area (Å²) in [6.07, 6.45) is 9.66. The molecular weight excluding hydrogens is 196 g/mol. The highest BCUT2D eigenvalue weighted by Gasteiger charge is 2.23. The van der Waals surface area contributed by atoms with Crippen molar-refractivity contribution in [2.45, 2.75) is 45.4 Å². The van der Waals surface area contributed by atoms with Crippen LogP contribution in [0.1, 0.15) is 51.2 Å². The summed E-state index contributed by atoms with van der Waals surface area (Å²) in [6.45, 7) is 6.62. The van der Waals surface area contributed by atoms with Gasteiger partial charge in [0.05, 0.1) is 11.9 Å². The number of nitrogen functional groups attached to an aromatic ring is 1. The average molecular weight is 216 g/mol. The molecule has 1 aromatic heterocycles. The number of anilines is 1. The third kappa shape index (κ3) is 1.97. The molecule has 1 aromatic rings. The normalized spacial score (nSPS) is 16.3. The largest absolute Gasteiger partial charge is 0.397 e. The zero-order valence-corrected chi connectivity index (χ0v) is 10.4. The smallest absolute Gasteiger partial charge is 0.0544 e. The fourth-order valence-corrected chi connectivity index (χ4v) is 2.47. The summed E-state index contributed by atoms with van der Waals surface area (Å²) in [7, 11) is 0. The van der Waals surface area contributed by atoms with Gasteiger partial charge in [-0.2, -0.15) is 0 Å². The molecule has 0 spiro atoms. The maximum Gasteiger partial charge on any atom is 0.0544 e. The summed E-state index contributed by atoms with van der Waals surface area (Å²) in [6, 6.07) is 0. The van der Waals surface area contributed by atoms with E-state index in [0.717, 1.165) is 12.1 Å². The van der Waals surface area contributed by atoms with Crippen molar-refractivity contribution in [2.24, 2.45) is 0 Å². The van der Waals surface area contributed by atoms with Gasteiger partial charge in [0, 0.05) is 11.8 Å². The fourth-order valence-electron chi connectivity index (χ4n) is 2.47. The molecule has 0 fully saturated rings. The highest BCUT2D eigenvalue weighted by Crippen LogP contribution is 2.37. The van der Waals surface area contributed by atoms with Crippen LogP contribution in [0.4, 0.5) is 5.69 Å². The van der Waals surface area contributed by atoms with Crippen LogP contribution in [-0.4, -0.2) is 4.98 Å². The Hall–Kier alpha value is -1.31. The Kier molecular flexibility index (Phi) is 2.75. The summed E-state index contributed by atoms with van der Waals surface area (Å²) in [5.74, 6) is 0. The molecular formula is C14H20N2. The Labute approximate surface area is 97.6 Å². The van der Waals surface area contributed by atoms with E-state index in [4.69, 9.17) is 5.73 Å². The molecule has 0 bridgehead atoms. The molecule has 2 heteroatoms. The Balaban J connectivity index is 2.57. The van der Waals surface area contributed by atoms with Crippen LogP contribution in [0.5, 0.6) is 0 Å². The highest BCUT2D eigenvalue weighted by molar-refractivity contribution is 5.74. The first-order chi connectivity index (χ1) is 7.50. The first kappa shape index (κ1) is 11.2.